The number of thiazole rings is 2. The lowest BCUT2D eigenvalue weighted by Gasteiger charge is -2.33. The number of ether oxygens (including phenoxy) is 1. The monoisotopic (exact) mass is 882 g/mol. The molecule has 0 spiro atoms. The van der Waals surface area contributed by atoms with Gasteiger partial charge in [-0.15, -0.1) is 22.7 Å². The van der Waals surface area contributed by atoms with Crippen LogP contribution in [-0.2, 0) is 20.0 Å². The Morgan fingerprint density at radius 2 is 1.00 bits per heavy atom. The molecule has 4 aromatic carbocycles. The number of anilines is 2. The fourth-order valence-corrected chi connectivity index (χ4v) is 11.3. The smallest absolute Gasteiger partial charge is 0.243 e. The number of aromatic nitrogens is 2. The van der Waals surface area contributed by atoms with Crippen LogP contribution >= 0.6 is 45.9 Å². The first kappa shape index (κ1) is 41.1. The SMILES string of the molecule is COc1cccc(-c2csc(N3CCN(S(=O)(=O)c4ccc(Cl)cc4)CC3)n2)c1.Cc1cccc(-c2csc(N3CCN(S(=O)(=O)c4ccc(Cl)cc4)CC3)n2)c1. The van der Waals surface area contributed by atoms with Crippen LogP contribution in [0.5, 0.6) is 5.75 Å². The molecular formula is C40H40Cl2N6O5S4. The Hall–Kier alpha value is -4.06. The molecule has 2 aliphatic heterocycles. The normalized spacial score (nSPS) is 15.6. The molecule has 57 heavy (non-hydrogen) atoms. The molecule has 0 radical (unpaired) electrons. The molecule has 0 N–H and O–H groups in total. The molecule has 8 rings (SSSR count). The van der Waals surface area contributed by atoms with Crippen molar-refractivity contribution in [2.75, 3.05) is 69.3 Å². The lowest BCUT2D eigenvalue weighted by molar-refractivity contribution is 0.384. The quantitative estimate of drug-likeness (QED) is 0.142. The van der Waals surface area contributed by atoms with Crippen molar-refractivity contribution >= 4 is 76.2 Å². The molecule has 0 bridgehead atoms. The summed E-state index contributed by atoms with van der Waals surface area (Å²) in [5.74, 6) is 0.790. The van der Waals surface area contributed by atoms with E-state index < -0.39 is 20.0 Å². The summed E-state index contributed by atoms with van der Waals surface area (Å²) in [5.41, 5.74) is 5.15. The maximum atomic E-state index is 12.8. The fraction of sp³-hybridized carbons (Fsp3) is 0.250. The van der Waals surface area contributed by atoms with E-state index in [4.69, 9.17) is 37.9 Å². The number of hydrogen-bond acceptors (Lipinski definition) is 11. The predicted octanol–water partition coefficient (Wildman–Crippen LogP) is 8.27. The third-order valence-corrected chi connectivity index (χ3v) is 15.7. The van der Waals surface area contributed by atoms with Gasteiger partial charge in [0.1, 0.15) is 5.75 Å². The highest BCUT2D eigenvalue weighted by Gasteiger charge is 2.31. The minimum Gasteiger partial charge on any atom is -0.497 e. The maximum Gasteiger partial charge on any atom is 0.243 e. The van der Waals surface area contributed by atoms with E-state index in [0.29, 0.717) is 62.4 Å². The Kier molecular flexibility index (Phi) is 12.9. The first-order valence-electron chi connectivity index (χ1n) is 18.0. The van der Waals surface area contributed by atoms with E-state index in [2.05, 4.69) is 40.3 Å². The predicted molar refractivity (Wildman–Crippen MR) is 231 cm³/mol. The number of halogens is 2. The number of piperazine rings is 2. The number of sulfonamides is 2. The van der Waals surface area contributed by atoms with Crippen LogP contribution in [0, 0.1) is 6.92 Å². The van der Waals surface area contributed by atoms with Gasteiger partial charge in [-0.1, -0.05) is 59.1 Å². The molecule has 2 aliphatic rings. The van der Waals surface area contributed by atoms with Gasteiger partial charge in [-0.25, -0.2) is 26.8 Å². The van der Waals surface area contributed by atoms with E-state index in [-0.39, 0.29) is 9.79 Å². The molecule has 298 valence electrons. The highest BCUT2D eigenvalue weighted by molar-refractivity contribution is 7.89. The van der Waals surface area contributed by atoms with E-state index in [9.17, 15) is 16.8 Å². The number of rotatable bonds is 9. The molecule has 0 unspecified atom stereocenters. The summed E-state index contributed by atoms with van der Waals surface area (Å²) in [5, 5.41) is 6.94. The first-order chi connectivity index (χ1) is 27.4. The Labute approximate surface area is 351 Å². The van der Waals surface area contributed by atoms with Crippen molar-refractivity contribution < 1.29 is 21.6 Å². The van der Waals surface area contributed by atoms with Gasteiger partial charge in [0.05, 0.1) is 28.3 Å². The van der Waals surface area contributed by atoms with E-state index >= 15 is 0 Å². The minimum absolute atomic E-state index is 0.268. The lowest BCUT2D eigenvalue weighted by atomic mass is 10.1. The van der Waals surface area contributed by atoms with Crippen LogP contribution in [-0.4, -0.2) is 94.9 Å². The van der Waals surface area contributed by atoms with Gasteiger partial charge in [-0.2, -0.15) is 8.61 Å². The summed E-state index contributed by atoms with van der Waals surface area (Å²) >= 11 is 14.9. The number of aryl methyl sites for hydroxylation is 1. The second-order valence-corrected chi connectivity index (χ2v) is 19.7. The van der Waals surface area contributed by atoms with Crippen LogP contribution in [0.25, 0.3) is 22.5 Å². The minimum atomic E-state index is -3.51. The van der Waals surface area contributed by atoms with Crippen molar-refractivity contribution in [1.82, 2.24) is 18.6 Å². The molecule has 0 aliphatic carbocycles. The molecule has 0 saturated carbocycles. The average Bonchev–Trinajstić information content (AvgIpc) is 3.94. The van der Waals surface area contributed by atoms with Gasteiger partial charge in [-0.3, -0.25) is 0 Å². The summed E-state index contributed by atoms with van der Waals surface area (Å²) < 4.78 is 59.6. The van der Waals surface area contributed by atoms with Crippen LogP contribution in [0.2, 0.25) is 10.0 Å². The molecule has 0 amide bonds. The molecule has 2 fully saturated rings. The summed E-state index contributed by atoms with van der Waals surface area (Å²) in [7, 11) is -5.37. The maximum absolute atomic E-state index is 12.8. The largest absolute Gasteiger partial charge is 0.497 e. The van der Waals surface area contributed by atoms with Gasteiger partial charge in [-0.05, 0) is 73.7 Å². The number of benzene rings is 4. The van der Waals surface area contributed by atoms with Crippen LogP contribution in [0.4, 0.5) is 10.3 Å². The topological polar surface area (TPSA) is 116 Å². The molecule has 2 aromatic heterocycles. The lowest BCUT2D eigenvalue weighted by Crippen LogP contribution is -2.48. The van der Waals surface area contributed by atoms with Crippen molar-refractivity contribution in [1.29, 1.82) is 0 Å². The zero-order valence-electron chi connectivity index (χ0n) is 31.2. The van der Waals surface area contributed by atoms with Gasteiger partial charge >= 0.3 is 0 Å². The Morgan fingerprint density at radius 3 is 1.42 bits per heavy atom. The highest BCUT2D eigenvalue weighted by Crippen LogP contribution is 2.32. The van der Waals surface area contributed by atoms with Gasteiger partial charge < -0.3 is 14.5 Å². The Morgan fingerprint density at radius 1 is 0.579 bits per heavy atom. The Bertz CT molecular complexity index is 2520. The molecule has 0 atom stereocenters. The third kappa shape index (κ3) is 9.64. The standard InChI is InChI=1S/C20H20ClN3O3S2.C20H20ClN3O2S2/c1-27-17-4-2-3-15(13-17)19-14-28-20(22-19)23-9-11-24(12-10-23)29(25,26)18-7-5-16(21)6-8-18;1-15-3-2-4-16(13-15)19-14-27-20(22-19)23-9-11-24(12-10-23)28(25,26)18-7-5-17(21)6-8-18/h2-8,13-14H,9-12H2,1H3;2-8,13-14H,9-12H2,1H3. The zero-order chi connectivity index (χ0) is 40.2. The molecule has 11 nitrogen and oxygen atoms in total. The van der Waals surface area contributed by atoms with Gasteiger partial charge in [0, 0.05) is 84.3 Å². The summed E-state index contributed by atoms with van der Waals surface area (Å²) in [6, 6.07) is 28.7. The van der Waals surface area contributed by atoms with E-state index in [0.717, 1.165) is 38.5 Å². The van der Waals surface area contributed by atoms with Gasteiger partial charge in [0.15, 0.2) is 10.3 Å². The number of methoxy groups -OCH3 is 1. The fourth-order valence-electron chi connectivity index (χ4n) is 6.42. The van der Waals surface area contributed by atoms with Crippen molar-refractivity contribution in [3.8, 4) is 28.3 Å². The molecule has 17 heteroatoms. The van der Waals surface area contributed by atoms with Crippen molar-refractivity contribution in [2.24, 2.45) is 0 Å². The van der Waals surface area contributed by atoms with Gasteiger partial charge in [0.2, 0.25) is 20.0 Å². The average molecular weight is 884 g/mol. The third-order valence-electron chi connectivity index (χ3n) is 9.58. The number of nitrogens with zero attached hydrogens (tertiary/aromatic N) is 6. The van der Waals surface area contributed by atoms with Crippen LogP contribution in [0.1, 0.15) is 5.56 Å². The summed E-state index contributed by atoms with van der Waals surface area (Å²) in [6.07, 6.45) is 0. The molecule has 4 heterocycles. The van der Waals surface area contributed by atoms with Crippen LogP contribution < -0.4 is 14.5 Å². The molecule has 2 saturated heterocycles. The molecule has 6 aromatic rings. The van der Waals surface area contributed by atoms with Crippen LogP contribution in [0.15, 0.2) is 118 Å². The summed E-state index contributed by atoms with van der Waals surface area (Å²) in [4.78, 5) is 14.3. The highest BCUT2D eigenvalue weighted by atomic mass is 35.5. The van der Waals surface area contributed by atoms with E-state index in [1.807, 2.05) is 35.7 Å². The van der Waals surface area contributed by atoms with Crippen molar-refractivity contribution in [2.45, 2.75) is 16.7 Å². The van der Waals surface area contributed by atoms with E-state index in [1.165, 1.54) is 14.2 Å². The van der Waals surface area contributed by atoms with Crippen molar-refractivity contribution in [3.05, 3.63) is 123 Å². The number of hydrogen-bond donors (Lipinski definition) is 0. The van der Waals surface area contributed by atoms with Gasteiger partial charge in [0.25, 0.3) is 0 Å². The second kappa shape index (κ2) is 17.8. The zero-order valence-corrected chi connectivity index (χ0v) is 35.9. The van der Waals surface area contributed by atoms with Crippen molar-refractivity contribution in [3.63, 3.8) is 0 Å². The van der Waals surface area contributed by atoms with Crippen LogP contribution in [0.3, 0.4) is 0 Å². The summed E-state index contributed by atoms with van der Waals surface area (Å²) in [6.45, 7) is 6.20. The molecular weight excluding hydrogens is 844 g/mol. The second-order valence-electron chi connectivity index (χ2n) is 13.3. The van der Waals surface area contributed by atoms with E-state index in [1.54, 1.807) is 78.3 Å². The Balaban J connectivity index is 0.000000174. The first-order valence-corrected chi connectivity index (χ1v) is 23.4.